The number of hydrogen-bond acceptors (Lipinski definition) is 5. The summed E-state index contributed by atoms with van der Waals surface area (Å²) in [5.74, 6) is 0.566. The second kappa shape index (κ2) is 6.69. The van der Waals surface area contributed by atoms with Crippen molar-refractivity contribution >= 4 is 34.7 Å². The highest BCUT2D eigenvalue weighted by Crippen LogP contribution is 2.41. The lowest BCUT2D eigenvalue weighted by Gasteiger charge is -2.27. The molecule has 1 aliphatic rings. The first-order valence-corrected chi connectivity index (χ1v) is 9.02. The highest BCUT2D eigenvalue weighted by molar-refractivity contribution is 8.02. The number of carbonyl (C=O) groups is 1. The van der Waals surface area contributed by atoms with Crippen LogP contribution >= 0.6 is 23.1 Å². The summed E-state index contributed by atoms with van der Waals surface area (Å²) in [6, 6.07) is 2.30. The predicted octanol–water partition coefficient (Wildman–Crippen LogP) is 3.24. The van der Waals surface area contributed by atoms with E-state index in [1.165, 1.54) is 9.09 Å². The summed E-state index contributed by atoms with van der Waals surface area (Å²) in [6.07, 6.45) is 0.921. The molecule has 0 saturated heterocycles. The third-order valence-electron chi connectivity index (χ3n) is 3.32. The van der Waals surface area contributed by atoms with Gasteiger partial charge >= 0.3 is 0 Å². The molecule has 1 aliphatic heterocycles. The van der Waals surface area contributed by atoms with Gasteiger partial charge in [-0.25, -0.2) is 0 Å². The van der Waals surface area contributed by atoms with Crippen molar-refractivity contribution in [1.29, 1.82) is 0 Å². The van der Waals surface area contributed by atoms with Crippen LogP contribution in [0.25, 0.3) is 0 Å². The van der Waals surface area contributed by atoms with Crippen LogP contribution in [-0.4, -0.2) is 29.4 Å². The van der Waals surface area contributed by atoms with Gasteiger partial charge in [-0.1, -0.05) is 20.8 Å². The number of carbonyl (C=O) groups excluding carboxylic acids is 1. The summed E-state index contributed by atoms with van der Waals surface area (Å²) in [5, 5.41) is 16.0. The number of thiophene rings is 1. The Kier molecular flexibility index (Phi) is 5.35. The van der Waals surface area contributed by atoms with E-state index in [1.54, 1.807) is 23.1 Å². The van der Waals surface area contributed by atoms with Crippen LogP contribution in [0.5, 0.6) is 0 Å². The second-order valence-corrected chi connectivity index (χ2v) is 9.05. The number of amides is 1. The van der Waals surface area contributed by atoms with Crippen molar-refractivity contribution in [2.75, 3.05) is 17.7 Å². The Labute approximate surface area is 134 Å². The minimum absolute atomic E-state index is 0.0680. The lowest BCUT2D eigenvalue weighted by Crippen LogP contribution is -2.37. The zero-order chi connectivity index (χ0) is 15.6. The maximum absolute atomic E-state index is 11.4. The molecule has 0 saturated carbocycles. The van der Waals surface area contributed by atoms with Crippen LogP contribution in [0.15, 0.2) is 10.3 Å². The van der Waals surface area contributed by atoms with Crippen LogP contribution in [0, 0.1) is 5.41 Å². The van der Waals surface area contributed by atoms with Crippen LogP contribution < -0.4 is 10.6 Å². The van der Waals surface area contributed by atoms with Crippen molar-refractivity contribution in [3.63, 3.8) is 0 Å². The molecule has 2 heterocycles. The summed E-state index contributed by atoms with van der Waals surface area (Å²) in [7, 11) is 0. The highest BCUT2D eigenvalue weighted by Gasteiger charge is 2.23. The van der Waals surface area contributed by atoms with Crippen molar-refractivity contribution in [3.05, 3.63) is 10.9 Å². The molecule has 0 radical (unpaired) electrons. The molecule has 1 aromatic rings. The average molecular weight is 329 g/mol. The monoisotopic (exact) mass is 328 g/mol. The van der Waals surface area contributed by atoms with Gasteiger partial charge in [-0.15, -0.1) is 23.1 Å². The number of nitrogens with one attached hydrogen (secondary N) is 2. The van der Waals surface area contributed by atoms with E-state index in [0.29, 0.717) is 5.75 Å². The van der Waals surface area contributed by atoms with Crippen LogP contribution in [0.4, 0.5) is 5.69 Å². The summed E-state index contributed by atoms with van der Waals surface area (Å²) in [5.41, 5.74) is 1.11. The largest absolute Gasteiger partial charge is 0.395 e. The van der Waals surface area contributed by atoms with Gasteiger partial charge in [-0.2, -0.15) is 0 Å². The van der Waals surface area contributed by atoms with Crippen LogP contribution in [0.1, 0.15) is 45.0 Å². The van der Waals surface area contributed by atoms with E-state index in [1.807, 2.05) is 6.07 Å². The maximum Gasteiger partial charge on any atom is 0.234 e. The topological polar surface area (TPSA) is 61.4 Å². The lowest BCUT2D eigenvalue weighted by atomic mass is 9.88. The molecule has 2 atom stereocenters. The number of thioether (sulfide) groups is 1. The molecular weight excluding hydrogens is 304 g/mol. The van der Waals surface area contributed by atoms with Crippen LogP contribution in [-0.2, 0) is 4.79 Å². The third-order valence-corrected chi connectivity index (χ3v) is 5.92. The SMILES string of the molecule is CC(NC(CO)CC(C)(C)C)c1cc2c(s1)SCC(=O)N2. The molecule has 2 unspecified atom stereocenters. The molecule has 0 fully saturated rings. The van der Waals surface area contributed by atoms with Gasteiger partial charge in [-0.3, -0.25) is 4.79 Å². The zero-order valence-corrected chi connectivity index (χ0v) is 14.7. The molecule has 1 amide bonds. The Morgan fingerprint density at radius 3 is 2.81 bits per heavy atom. The van der Waals surface area contributed by atoms with E-state index in [4.69, 9.17) is 0 Å². The fourth-order valence-corrected chi connectivity index (χ4v) is 4.63. The zero-order valence-electron chi connectivity index (χ0n) is 13.0. The molecular formula is C15H24N2O2S2. The first-order chi connectivity index (χ1) is 9.78. The number of aliphatic hydroxyl groups excluding tert-OH is 1. The summed E-state index contributed by atoms with van der Waals surface area (Å²) < 4.78 is 1.18. The predicted molar refractivity (Wildman–Crippen MR) is 90.2 cm³/mol. The molecule has 2 rings (SSSR count). The van der Waals surface area contributed by atoms with Gasteiger partial charge in [0.05, 0.1) is 22.3 Å². The van der Waals surface area contributed by atoms with Crippen LogP contribution in [0.3, 0.4) is 0 Å². The minimum Gasteiger partial charge on any atom is -0.395 e. The quantitative estimate of drug-likeness (QED) is 0.776. The van der Waals surface area contributed by atoms with E-state index in [0.717, 1.165) is 12.1 Å². The maximum atomic E-state index is 11.4. The van der Waals surface area contributed by atoms with E-state index in [2.05, 4.69) is 38.3 Å². The van der Waals surface area contributed by atoms with Gasteiger partial charge in [0.2, 0.25) is 5.91 Å². The van der Waals surface area contributed by atoms with E-state index >= 15 is 0 Å². The first-order valence-electron chi connectivity index (χ1n) is 7.22. The van der Waals surface area contributed by atoms with Crippen molar-refractivity contribution < 1.29 is 9.90 Å². The fourth-order valence-electron chi connectivity index (χ4n) is 2.47. The van der Waals surface area contributed by atoms with Crippen LogP contribution in [0.2, 0.25) is 0 Å². The van der Waals surface area contributed by atoms with Crippen molar-refractivity contribution in [2.45, 2.75) is 50.4 Å². The molecule has 21 heavy (non-hydrogen) atoms. The molecule has 118 valence electrons. The Hall–Kier alpha value is -0.560. The number of aliphatic hydroxyl groups is 1. The van der Waals surface area contributed by atoms with Crippen molar-refractivity contribution in [3.8, 4) is 0 Å². The van der Waals surface area contributed by atoms with E-state index in [9.17, 15) is 9.90 Å². The molecule has 0 aromatic carbocycles. The number of rotatable bonds is 5. The molecule has 3 N–H and O–H groups in total. The second-order valence-electron chi connectivity index (χ2n) is 6.72. The Balaban J connectivity index is 2.03. The Morgan fingerprint density at radius 2 is 2.19 bits per heavy atom. The molecule has 0 spiro atoms. The molecule has 4 nitrogen and oxygen atoms in total. The highest BCUT2D eigenvalue weighted by atomic mass is 32.2. The summed E-state index contributed by atoms with van der Waals surface area (Å²) in [6.45, 7) is 8.78. The van der Waals surface area contributed by atoms with Gasteiger partial charge in [-0.05, 0) is 24.8 Å². The third kappa shape index (κ3) is 4.71. The first kappa shape index (κ1) is 16.8. The number of hydrogen-bond donors (Lipinski definition) is 3. The van der Waals surface area contributed by atoms with Crippen molar-refractivity contribution in [2.24, 2.45) is 5.41 Å². The number of anilines is 1. The standard InChI is InChI=1S/C15H24N2O2S2/c1-9(16-10(7-18)6-15(2,3)4)12-5-11-14(21-12)20-8-13(19)17-11/h5,9-10,16,18H,6-8H2,1-4H3,(H,17,19). The average Bonchev–Trinajstić information content (AvgIpc) is 2.79. The smallest absolute Gasteiger partial charge is 0.234 e. The van der Waals surface area contributed by atoms with Gasteiger partial charge in [0, 0.05) is 17.0 Å². The molecule has 1 aromatic heterocycles. The van der Waals surface area contributed by atoms with E-state index in [-0.39, 0.29) is 30.0 Å². The Morgan fingerprint density at radius 1 is 1.48 bits per heavy atom. The molecule has 0 bridgehead atoms. The fraction of sp³-hybridized carbons (Fsp3) is 0.667. The van der Waals surface area contributed by atoms with Crippen molar-refractivity contribution in [1.82, 2.24) is 5.32 Å². The van der Waals surface area contributed by atoms with E-state index < -0.39 is 0 Å². The number of fused-ring (bicyclic) bond motifs is 1. The van der Waals surface area contributed by atoms with Gasteiger partial charge in [0.15, 0.2) is 0 Å². The molecule has 6 heteroatoms. The lowest BCUT2D eigenvalue weighted by molar-refractivity contribution is -0.113. The Bertz CT molecular complexity index is 508. The van der Waals surface area contributed by atoms with Gasteiger partial charge in [0.25, 0.3) is 0 Å². The van der Waals surface area contributed by atoms with Gasteiger partial charge < -0.3 is 15.7 Å². The summed E-state index contributed by atoms with van der Waals surface area (Å²) >= 11 is 3.32. The normalized spacial score (nSPS) is 18.0. The summed E-state index contributed by atoms with van der Waals surface area (Å²) in [4.78, 5) is 12.6. The molecule has 0 aliphatic carbocycles. The van der Waals surface area contributed by atoms with Gasteiger partial charge in [0.1, 0.15) is 0 Å². The minimum atomic E-state index is 0.0680.